The first-order valence-electron chi connectivity index (χ1n) is 5.59. The van der Waals surface area contributed by atoms with E-state index in [9.17, 15) is 4.79 Å². The third kappa shape index (κ3) is 2.29. The highest BCUT2D eigenvalue weighted by Crippen LogP contribution is 2.27. The lowest BCUT2D eigenvalue weighted by Crippen LogP contribution is -2.25. The summed E-state index contributed by atoms with van der Waals surface area (Å²) in [7, 11) is 2.09. The summed E-state index contributed by atoms with van der Waals surface area (Å²) in [4.78, 5) is 23.8. The van der Waals surface area contributed by atoms with Gasteiger partial charge in [-0.1, -0.05) is 0 Å². The molecule has 94 valence electrons. The molecule has 5 nitrogen and oxygen atoms in total. The molecule has 0 saturated heterocycles. The van der Waals surface area contributed by atoms with Crippen molar-refractivity contribution in [2.45, 2.75) is 13.0 Å². The fraction of sp³-hybridized carbons (Fsp3) is 0.364. The molecule has 3 heterocycles. The van der Waals surface area contributed by atoms with E-state index in [1.165, 1.54) is 16.2 Å². The van der Waals surface area contributed by atoms with Crippen molar-refractivity contribution in [3.8, 4) is 0 Å². The molecule has 1 aliphatic rings. The van der Waals surface area contributed by atoms with Gasteiger partial charge in [0.2, 0.25) is 0 Å². The zero-order valence-corrected chi connectivity index (χ0v) is 11.5. The largest absolute Gasteiger partial charge is 0.301 e. The molecule has 0 bridgehead atoms. The first kappa shape index (κ1) is 11.8. The standard InChI is InChI=1S/C11H12N4OS2/c1-15-3-2-7-9(4-15)18-11(13-7)14-10(16)8-5-17-6-12-8/h5-6H,2-4H2,1H3,(H,13,14,16). The second kappa shape index (κ2) is 4.75. The number of nitrogens with zero attached hydrogens (tertiary/aromatic N) is 3. The molecular weight excluding hydrogens is 268 g/mol. The maximum absolute atomic E-state index is 11.8. The fourth-order valence-corrected chi connectivity index (χ4v) is 3.48. The summed E-state index contributed by atoms with van der Waals surface area (Å²) in [6, 6.07) is 0. The van der Waals surface area contributed by atoms with E-state index >= 15 is 0 Å². The molecule has 0 atom stereocenters. The number of anilines is 1. The van der Waals surface area contributed by atoms with Crippen LogP contribution in [0.5, 0.6) is 0 Å². The molecule has 0 aliphatic carbocycles. The van der Waals surface area contributed by atoms with Crippen molar-refractivity contribution < 1.29 is 4.79 Å². The minimum atomic E-state index is -0.185. The van der Waals surface area contributed by atoms with Gasteiger partial charge in [0.15, 0.2) is 5.13 Å². The van der Waals surface area contributed by atoms with Gasteiger partial charge in [-0.2, -0.15) is 0 Å². The van der Waals surface area contributed by atoms with Crippen molar-refractivity contribution in [1.82, 2.24) is 14.9 Å². The molecule has 0 radical (unpaired) electrons. The summed E-state index contributed by atoms with van der Waals surface area (Å²) in [5.74, 6) is -0.185. The predicted octanol–water partition coefficient (Wildman–Crippen LogP) is 1.84. The zero-order chi connectivity index (χ0) is 12.5. The lowest BCUT2D eigenvalue weighted by atomic mass is 10.2. The minimum Gasteiger partial charge on any atom is -0.301 e. The highest BCUT2D eigenvalue weighted by atomic mass is 32.1. The van der Waals surface area contributed by atoms with Crippen LogP contribution in [0.25, 0.3) is 0 Å². The van der Waals surface area contributed by atoms with Gasteiger partial charge in [-0.25, -0.2) is 9.97 Å². The van der Waals surface area contributed by atoms with Crippen LogP contribution >= 0.6 is 22.7 Å². The molecule has 0 spiro atoms. The van der Waals surface area contributed by atoms with Crippen LogP contribution in [0.1, 0.15) is 21.1 Å². The molecule has 7 heteroatoms. The summed E-state index contributed by atoms with van der Waals surface area (Å²) >= 11 is 2.97. The summed E-state index contributed by atoms with van der Waals surface area (Å²) in [6.45, 7) is 1.94. The Morgan fingerprint density at radius 2 is 2.44 bits per heavy atom. The Hall–Kier alpha value is -1.31. The van der Waals surface area contributed by atoms with Gasteiger partial charge >= 0.3 is 0 Å². The quantitative estimate of drug-likeness (QED) is 0.912. The predicted molar refractivity (Wildman–Crippen MR) is 72.2 cm³/mol. The molecule has 0 unspecified atom stereocenters. The lowest BCUT2D eigenvalue weighted by Gasteiger charge is -2.20. The van der Waals surface area contributed by atoms with Crippen LogP contribution in [0.4, 0.5) is 5.13 Å². The summed E-state index contributed by atoms with van der Waals surface area (Å²) in [6.07, 6.45) is 0.953. The number of amides is 1. The molecule has 2 aromatic heterocycles. The van der Waals surface area contributed by atoms with Gasteiger partial charge in [0.05, 0.1) is 11.2 Å². The third-order valence-corrected chi connectivity index (χ3v) is 4.39. The molecule has 2 aromatic rings. The monoisotopic (exact) mass is 280 g/mol. The van der Waals surface area contributed by atoms with Crippen molar-refractivity contribution >= 4 is 33.7 Å². The molecule has 1 amide bonds. The van der Waals surface area contributed by atoms with Crippen LogP contribution < -0.4 is 5.32 Å². The van der Waals surface area contributed by atoms with E-state index in [-0.39, 0.29) is 5.91 Å². The number of hydrogen-bond acceptors (Lipinski definition) is 6. The Balaban J connectivity index is 1.76. The van der Waals surface area contributed by atoms with Gasteiger partial charge in [-0.3, -0.25) is 10.1 Å². The molecule has 0 aromatic carbocycles. The molecule has 3 rings (SSSR count). The van der Waals surface area contributed by atoms with Crippen LogP contribution in [0.2, 0.25) is 0 Å². The number of carbonyl (C=O) groups is 1. The SMILES string of the molecule is CN1CCc2nc(NC(=O)c3cscn3)sc2C1. The van der Waals surface area contributed by atoms with Gasteiger partial charge in [0.1, 0.15) is 5.69 Å². The number of hydrogen-bond donors (Lipinski definition) is 1. The number of fused-ring (bicyclic) bond motifs is 1. The summed E-state index contributed by atoms with van der Waals surface area (Å²) in [5.41, 5.74) is 3.22. The number of carbonyl (C=O) groups excluding carboxylic acids is 1. The summed E-state index contributed by atoms with van der Waals surface area (Å²) in [5, 5.41) is 5.22. The van der Waals surface area contributed by atoms with Gasteiger partial charge < -0.3 is 4.90 Å². The van der Waals surface area contributed by atoms with Gasteiger partial charge in [0, 0.05) is 29.8 Å². The third-order valence-electron chi connectivity index (χ3n) is 2.81. The second-order valence-corrected chi connectivity index (χ2v) is 6.01. The van der Waals surface area contributed by atoms with Gasteiger partial charge in [-0.15, -0.1) is 22.7 Å². The van der Waals surface area contributed by atoms with E-state index in [0.29, 0.717) is 10.8 Å². The topological polar surface area (TPSA) is 58.1 Å². The zero-order valence-electron chi connectivity index (χ0n) is 9.84. The van der Waals surface area contributed by atoms with Crippen LogP contribution in [0, 0.1) is 0 Å². The average molecular weight is 280 g/mol. The number of rotatable bonds is 2. The van der Waals surface area contributed by atoms with Crippen molar-refractivity contribution in [3.05, 3.63) is 27.2 Å². The fourth-order valence-electron chi connectivity index (χ4n) is 1.86. The average Bonchev–Trinajstić information content (AvgIpc) is 2.95. The Morgan fingerprint density at radius 1 is 1.56 bits per heavy atom. The Bertz CT molecular complexity index is 564. The normalized spacial score (nSPS) is 15.4. The van der Waals surface area contributed by atoms with E-state index in [2.05, 4.69) is 27.2 Å². The lowest BCUT2D eigenvalue weighted by molar-refractivity contribution is 0.102. The van der Waals surface area contributed by atoms with Gasteiger partial charge in [0.25, 0.3) is 5.91 Å². The first-order chi connectivity index (χ1) is 8.72. The molecule has 0 fully saturated rings. The molecule has 1 aliphatic heterocycles. The van der Waals surface area contributed by atoms with E-state index in [4.69, 9.17) is 0 Å². The molecular formula is C11H12N4OS2. The van der Waals surface area contributed by atoms with Crippen molar-refractivity contribution in [2.24, 2.45) is 0 Å². The van der Waals surface area contributed by atoms with Crippen molar-refractivity contribution in [2.75, 3.05) is 18.9 Å². The Morgan fingerprint density at radius 3 is 3.22 bits per heavy atom. The molecule has 0 saturated carbocycles. The van der Waals surface area contributed by atoms with Crippen LogP contribution in [0.3, 0.4) is 0 Å². The van der Waals surface area contributed by atoms with Crippen molar-refractivity contribution in [1.29, 1.82) is 0 Å². The number of nitrogens with one attached hydrogen (secondary N) is 1. The second-order valence-electron chi connectivity index (χ2n) is 4.20. The smallest absolute Gasteiger partial charge is 0.276 e. The number of thiazole rings is 2. The van der Waals surface area contributed by atoms with Crippen LogP contribution in [-0.4, -0.2) is 34.4 Å². The number of aromatic nitrogens is 2. The Labute approximate surface area is 112 Å². The van der Waals surface area contributed by atoms with Crippen LogP contribution in [0.15, 0.2) is 10.9 Å². The van der Waals surface area contributed by atoms with E-state index < -0.39 is 0 Å². The minimum absolute atomic E-state index is 0.185. The van der Waals surface area contributed by atoms with E-state index in [1.807, 2.05) is 0 Å². The first-order valence-corrected chi connectivity index (χ1v) is 7.35. The highest BCUT2D eigenvalue weighted by Gasteiger charge is 2.19. The summed E-state index contributed by atoms with van der Waals surface area (Å²) < 4.78 is 0. The molecule has 18 heavy (non-hydrogen) atoms. The highest BCUT2D eigenvalue weighted by molar-refractivity contribution is 7.15. The van der Waals surface area contributed by atoms with E-state index in [0.717, 1.165) is 25.2 Å². The van der Waals surface area contributed by atoms with Crippen LogP contribution in [-0.2, 0) is 13.0 Å². The maximum Gasteiger partial charge on any atom is 0.276 e. The Kier molecular flexibility index (Phi) is 3.11. The molecule has 1 N–H and O–H groups in total. The van der Waals surface area contributed by atoms with E-state index in [1.54, 1.807) is 22.2 Å². The van der Waals surface area contributed by atoms with Crippen molar-refractivity contribution in [3.63, 3.8) is 0 Å². The maximum atomic E-state index is 11.8. The number of likely N-dealkylation sites (N-methyl/N-ethyl adjacent to an activating group) is 1. The van der Waals surface area contributed by atoms with Gasteiger partial charge in [-0.05, 0) is 7.05 Å².